The second-order valence-electron chi connectivity index (χ2n) is 8.42. The van der Waals surface area contributed by atoms with Crippen molar-refractivity contribution in [3.05, 3.63) is 27.2 Å². The number of hydrogen-bond donors (Lipinski definition) is 1. The van der Waals surface area contributed by atoms with E-state index in [2.05, 4.69) is 53.1 Å². The molecular weight excluding hydrogens is 635 g/mol. The van der Waals surface area contributed by atoms with Gasteiger partial charge in [0.1, 0.15) is 6.04 Å². The van der Waals surface area contributed by atoms with Crippen LogP contribution in [-0.2, 0) is 23.9 Å². The van der Waals surface area contributed by atoms with E-state index >= 15 is 0 Å². The lowest BCUT2D eigenvalue weighted by molar-refractivity contribution is -0.159. The van der Waals surface area contributed by atoms with Gasteiger partial charge in [-0.05, 0) is 65.7 Å². The van der Waals surface area contributed by atoms with Gasteiger partial charge in [0.2, 0.25) is 11.8 Å². The van der Waals surface area contributed by atoms with E-state index in [1.165, 1.54) is 6.92 Å². The van der Waals surface area contributed by atoms with Gasteiger partial charge in [-0.3, -0.25) is 19.3 Å². The topological polar surface area (TPSA) is 92.8 Å². The number of carbonyl (C=O) groups is 4. The number of likely N-dealkylation sites (tertiary alicyclic amines) is 1. The fourth-order valence-corrected chi connectivity index (χ4v) is 7.56. The second kappa shape index (κ2) is 9.00. The zero-order valence-electron chi connectivity index (χ0n) is 17.1. The summed E-state index contributed by atoms with van der Waals surface area (Å²) in [6.45, 7) is 2.66. The minimum atomic E-state index is -1.10. The normalized spacial score (nSPS) is 31.6. The molecule has 2 saturated carbocycles. The lowest BCUT2D eigenvalue weighted by Gasteiger charge is -2.28. The molecule has 7 nitrogen and oxygen atoms in total. The number of benzene rings is 1. The molecule has 1 aromatic rings. The van der Waals surface area contributed by atoms with Crippen LogP contribution in [0.5, 0.6) is 0 Å². The Morgan fingerprint density at radius 1 is 1.19 bits per heavy atom. The average Bonchev–Trinajstić information content (AvgIpc) is 3.36. The van der Waals surface area contributed by atoms with Gasteiger partial charge < -0.3 is 10.1 Å². The molecule has 0 aromatic heterocycles. The predicted molar refractivity (Wildman–Crippen MR) is 129 cm³/mol. The standard InChI is InChI=1S/C21H20Br3ClN2O5/c1-7-12(4-3-11(22)18(7)25)26-13(28)6-32-21(31)8(2)27-19(29)14-9-5-10(15(14)20(27)30)17(24)16(9)23/h3-4,8-10,14-17H,5-6H2,1-2H3,(H,26,28)/t8-,9+,10+,14-,15+,16-,17+/m0/s1. The third-order valence-electron chi connectivity index (χ3n) is 6.71. The van der Waals surface area contributed by atoms with E-state index in [-0.39, 0.29) is 33.3 Å². The van der Waals surface area contributed by atoms with E-state index in [0.717, 1.165) is 11.3 Å². The van der Waals surface area contributed by atoms with Crippen molar-refractivity contribution in [2.24, 2.45) is 23.7 Å². The number of amides is 3. The summed E-state index contributed by atoms with van der Waals surface area (Å²) in [6.07, 6.45) is 0.810. The summed E-state index contributed by atoms with van der Waals surface area (Å²) in [4.78, 5) is 52.2. The van der Waals surface area contributed by atoms with Crippen LogP contribution in [0.15, 0.2) is 16.6 Å². The van der Waals surface area contributed by atoms with Crippen molar-refractivity contribution in [1.29, 1.82) is 0 Å². The molecule has 2 aliphatic carbocycles. The van der Waals surface area contributed by atoms with Gasteiger partial charge in [-0.1, -0.05) is 43.5 Å². The maximum Gasteiger partial charge on any atom is 0.329 e. The van der Waals surface area contributed by atoms with Crippen molar-refractivity contribution in [2.75, 3.05) is 11.9 Å². The SMILES string of the molecule is Cc1c(NC(=O)COC(=O)[C@H](C)N2C(=O)[C@@H]3[C@H]4C[C@@H]([C@H](Br)[C@@H]4Br)[C@@H]3C2=O)ccc(Br)c1Cl. The van der Waals surface area contributed by atoms with Crippen molar-refractivity contribution in [3.63, 3.8) is 0 Å². The Labute approximate surface area is 215 Å². The van der Waals surface area contributed by atoms with Gasteiger partial charge in [-0.25, -0.2) is 4.79 Å². The molecule has 4 rings (SSSR count). The van der Waals surface area contributed by atoms with Gasteiger partial charge in [0.15, 0.2) is 6.61 Å². The number of halogens is 4. The Kier molecular flexibility index (Phi) is 6.80. The van der Waals surface area contributed by atoms with Crippen LogP contribution in [0.2, 0.25) is 5.02 Å². The highest BCUT2D eigenvalue weighted by Crippen LogP contribution is 2.60. The third-order valence-corrected chi connectivity index (χ3v) is 11.3. The van der Waals surface area contributed by atoms with Crippen LogP contribution in [0, 0.1) is 30.6 Å². The van der Waals surface area contributed by atoms with E-state index in [9.17, 15) is 19.2 Å². The van der Waals surface area contributed by atoms with Crippen LogP contribution in [-0.4, -0.2) is 50.9 Å². The monoisotopic (exact) mass is 652 g/mol. The number of nitrogens with zero attached hydrogens (tertiary/aromatic N) is 1. The molecule has 1 saturated heterocycles. The lowest BCUT2D eigenvalue weighted by atomic mass is 9.81. The highest BCUT2D eigenvalue weighted by atomic mass is 79.9. The van der Waals surface area contributed by atoms with Crippen LogP contribution in [0.25, 0.3) is 0 Å². The number of imide groups is 1. The quantitative estimate of drug-likeness (QED) is 0.294. The van der Waals surface area contributed by atoms with Gasteiger partial charge in [0, 0.05) is 19.8 Å². The number of ether oxygens (including phenoxy) is 1. The molecule has 3 amide bonds. The van der Waals surface area contributed by atoms with Gasteiger partial charge in [0.25, 0.3) is 5.91 Å². The van der Waals surface area contributed by atoms with Crippen molar-refractivity contribution < 1.29 is 23.9 Å². The molecule has 11 heteroatoms. The molecule has 3 aliphatic rings. The average molecular weight is 656 g/mol. The number of carbonyl (C=O) groups excluding carboxylic acids is 4. The molecule has 1 N–H and O–H groups in total. The minimum absolute atomic E-state index is 0.0609. The summed E-state index contributed by atoms with van der Waals surface area (Å²) in [5.74, 6) is -2.70. The smallest absolute Gasteiger partial charge is 0.329 e. The maximum atomic E-state index is 13.0. The zero-order valence-corrected chi connectivity index (χ0v) is 22.6. The van der Waals surface area contributed by atoms with Crippen LogP contribution in [0.3, 0.4) is 0 Å². The third kappa shape index (κ3) is 3.84. The van der Waals surface area contributed by atoms with Crippen molar-refractivity contribution in [1.82, 2.24) is 4.90 Å². The molecule has 3 fully saturated rings. The summed E-state index contributed by atoms with van der Waals surface area (Å²) in [5, 5.41) is 3.11. The first kappa shape index (κ1) is 24.2. The van der Waals surface area contributed by atoms with E-state index in [4.69, 9.17) is 16.3 Å². The fraction of sp³-hybridized carbons (Fsp3) is 0.524. The van der Waals surface area contributed by atoms with E-state index in [1.54, 1.807) is 19.1 Å². The summed E-state index contributed by atoms with van der Waals surface area (Å²) >= 11 is 16.7. The van der Waals surface area contributed by atoms with E-state index in [1.807, 2.05) is 0 Å². The Hall–Kier alpha value is -0.970. The van der Waals surface area contributed by atoms with Crippen LogP contribution in [0.1, 0.15) is 18.9 Å². The Morgan fingerprint density at radius 3 is 2.31 bits per heavy atom. The van der Waals surface area contributed by atoms with E-state index < -0.39 is 36.4 Å². The summed E-state index contributed by atoms with van der Waals surface area (Å²) in [6, 6.07) is 2.28. The number of rotatable bonds is 5. The first-order chi connectivity index (χ1) is 15.0. The first-order valence-electron chi connectivity index (χ1n) is 10.1. The number of nitrogens with one attached hydrogen (secondary N) is 1. The molecule has 2 bridgehead atoms. The largest absolute Gasteiger partial charge is 0.454 e. The Balaban J connectivity index is 1.37. The molecule has 0 unspecified atom stereocenters. The van der Waals surface area contributed by atoms with Crippen LogP contribution in [0.4, 0.5) is 5.69 Å². The molecule has 0 spiro atoms. The fourth-order valence-electron chi connectivity index (χ4n) is 5.09. The highest BCUT2D eigenvalue weighted by molar-refractivity contribution is 9.12. The summed E-state index contributed by atoms with van der Waals surface area (Å²) < 4.78 is 5.82. The first-order valence-corrected chi connectivity index (χ1v) is 13.1. The van der Waals surface area contributed by atoms with Gasteiger partial charge in [-0.15, -0.1) is 0 Å². The highest BCUT2D eigenvalue weighted by Gasteiger charge is 2.67. The molecule has 1 aliphatic heterocycles. The van der Waals surface area contributed by atoms with Crippen LogP contribution >= 0.6 is 59.4 Å². The second-order valence-corrected chi connectivity index (χ2v) is 11.8. The number of hydrogen-bond acceptors (Lipinski definition) is 5. The molecule has 32 heavy (non-hydrogen) atoms. The Morgan fingerprint density at radius 2 is 1.75 bits per heavy atom. The molecule has 0 radical (unpaired) electrons. The molecule has 172 valence electrons. The Bertz CT molecular complexity index is 989. The van der Waals surface area contributed by atoms with Gasteiger partial charge >= 0.3 is 5.97 Å². The van der Waals surface area contributed by atoms with Crippen molar-refractivity contribution in [2.45, 2.75) is 36.0 Å². The zero-order chi connectivity index (χ0) is 23.5. The number of alkyl halides is 2. The summed E-state index contributed by atoms with van der Waals surface area (Å²) in [5.41, 5.74) is 1.16. The lowest BCUT2D eigenvalue weighted by Crippen LogP contribution is -2.45. The maximum absolute atomic E-state index is 13.0. The molecule has 1 aromatic carbocycles. The summed E-state index contributed by atoms with van der Waals surface area (Å²) in [7, 11) is 0. The molecular formula is C21H20Br3ClN2O5. The minimum Gasteiger partial charge on any atom is -0.454 e. The van der Waals surface area contributed by atoms with Gasteiger partial charge in [-0.2, -0.15) is 0 Å². The molecule has 7 atom stereocenters. The van der Waals surface area contributed by atoms with Gasteiger partial charge in [0.05, 0.1) is 16.9 Å². The molecule has 1 heterocycles. The van der Waals surface area contributed by atoms with Crippen LogP contribution < -0.4 is 5.32 Å². The predicted octanol–water partition coefficient (Wildman–Crippen LogP) is 4.06. The van der Waals surface area contributed by atoms with Crippen molar-refractivity contribution in [3.8, 4) is 0 Å². The number of fused-ring (bicyclic) bond motifs is 5. The van der Waals surface area contributed by atoms with Crippen molar-refractivity contribution >= 4 is 88.8 Å². The number of esters is 1. The van der Waals surface area contributed by atoms with E-state index in [0.29, 0.717) is 20.7 Å². The number of anilines is 1.